The monoisotopic (exact) mass is 448 g/mol. The molecule has 0 spiro atoms. The summed E-state index contributed by atoms with van der Waals surface area (Å²) in [4.78, 5) is 38.5. The molecule has 1 atom stereocenters. The van der Waals surface area contributed by atoms with Crippen molar-refractivity contribution < 1.29 is 19.6 Å². The molecule has 32 heavy (non-hydrogen) atoms. The Hall–Kier alpha value is -3.97. The molecule has 7 nitrogen and oxygen atoms in total. The number of benzene rings is 3. The van der Waals surface area contributed by atoms with Crippen LogP contribution in [0.1, 0.15) is 22.7 Å². The zero-order chi connectivity index (χ0) is 23.0. The molecule has 0 aliphatic carbocycles. The second-order valence-electron chi connectivity index (χ2n) is 7.33. The molecule has 4 rings (SSSR count). The first kappa shape index (κ1) is 21.3. The number of anilines is 1. The number of aryl methyl sites for hydroxylation is 1. The summed E-state index contributed by atoms with van der Waals surface area (Å²) in [7, 11) is 0. The molecule has 1 saturated heterocycles. The fraction of sp³-hybridized carbons (Fsp3) is 0.0833. The van der Waals surface area contributed by atoms with Crippen LogP contribution in [0.25, 0.3) is 5.76 Å². The smallest absolute Gasteiger partial charge is 0.300 e. The van der Waals surface area contributed by atoms with Crippen LogP contribution in [0.15, 0.2) is 78.4 Å². The summed E-state index contributed by atoms with van der Waals surface area (Å²) in [6.45, 7) is 1.87. The van der Waals surface area contributed by atoms with E-state index in [2.05, 4.69) is 0 Å². The molecule has 1 unspecified atom stereocenters. The third-order valence-corrected chi connectivity index (χ3v) is 5.55. The fourth-order valence-corrected chi connectivity index (χ4v) is 3.87. The molecule has 160 valence electrons. The lowest BCUT2D eigenvalue weighted by atomic mass is 9.94. The van der Waals surface area contributed by atoms with Crippen LogP contribution in [0.2, 0.25) is 5.02 Å². The zero-order valence-corrected chi connectivity index (χ0v) is 17.6. The standard InChI is InChI=1S/C24H17ClN2O5/c1-14-6-12-17(13-7-14)26-21(18-4-2-3-5-19(18)27(31)32)20(23(29)24(26)30)22(28)15-8-10-16(25)11-9-15/h2-13,21,28H,1H3/b22-20+. The molecule has 0 saturated carbocycles. The van der Waals surface area contributed by atoms with Crippen molar-refractivity contribution in [1.82, 2.24) is 0 Å². The highest BCUT2D eigenvalue weighted by molar-refractivity contribution is 6.51. The number of rotatable bonds is 4. The van der Waals surface area contributed by atoms with Crippen LogP contribution in [-0.2, 0) is 9.59 Å². The molecule has 8 heteroatoms. The van der Waals surface area contributed by atoms with Gasteiger partial charge in [-0.1, -0.05) is 41.4 Å². The first-order chi connectivity index (χ1) is 15.3. The van der Waals surface area contributed by atoms with E-state index in [1.165, 1.54) is 47.4 Å². The number of nitro benzene ring substituents is 1. The summed E-state index contributed by atoms with van der Waals surface area (Å²) in [5.41, 5.74) is 1.21. The number of Topliss-reactive ketones (excluding diaryl/α,β-unsaturated/α-hetero) is 1. The molecule has 3 aromatic rings. The number of carbonyl (C=O) groups is 2. The van der Waals surface area contributed by atoms with Crippen LogP contribution < -0.4 is 4.90 Å². The molecule has 3 aromatic carbocycles. The lowest BCUT2D eigenvalue weighted by molar-refractivity contribution is -0.385. The number of amides is 1. The molecule has 0 bridgehead atoms. The Morgan fingerprint density at radius 1 is 1.00 bits per heavy atom. The van der Waals surface area contributed by atoms with Gasteiger partial charge in [-0.05, 0) is 49.4 Å². The topological polar surface area (TPSA) is 101 Å². The Balaban J connectivity index is 2.00. The maximum atomic E-state index is 13.1. The number of carbonyl (C=O) groups excluding carboxylic acids is 2. The van der Waals surface area contributed by atoms with Crippen LogP contribution >= 0.6 is 11.6 Å². The minimum absolute atomic E-state index is 0.118. The molecule has 1 aliphatic rings. The largest absolute Gasteiger partial charge is 0.507 e. The van der Waals surface area contributed by atoms with Crippen molar-refractivity contribution in [3.63, 3.8) is 0 Å². The summed E-state index contributed by atoms with van der Waals surface area (Å²) in [5, 5.41) is 23.2. The molecule has 0 radical (unpaired) electrons. The summed E-state index contributed by atoms with van der Waals surface area (Å²) >= 11 is 5.92. The van der Waals surface area contributed by atoms with E-state index in [-0.39, 0.29) is 22.4 Å². The number of ketones is 1. The Bertz CT molecular complexity index is 1270. The van der Waals surface area contributed by atoms with E-state index in [1.807, 2.05) is 6.92 Å². The summed E-state index contributed by atoms with van der Waals surface area (Å²) in [5.74, 6) is -2.24. The van der Waals surface area contributed by atoms with Crippen LogP contribution in [-0.4, -0.2) is 21.7 Å². The van der Waals surface area contributed by atoms with E-state index in [0.29, 0.717) is 10.7 Å². The van der Waals surface area contributed by atoms with Gasteiger partial charge < -0.3 is 5.11 Å². The Morgan fingerprint density at radius 3 is 2.25 bits per heavy atom. The number of aliphatic hydroxyl groups excluding tert-OH is 1. The molecule has 1 amide bonds. The lowest BCUT2D eigenvalue weighted by Crippen LogP contribution is -2.29. The molecule has 1 aliphatic heterocycles. The van der Waals surface area contributed by atoms with Crippen molar-refractivity contribution in [1.29, 1.82) is 0 Å². The Morgan fingerprint density at radius 2 is 1.62 bits per heavy atom. The Kier molecular flexibility index (Phi) is 5.50. The predicted octanol–water partition coefficient (Wildman–Crippen LogP) is 5.18. The number of para-hydroxylation sites is 1. The Labute approximate surface area is 188 Å². The summed E-state index contributed by atoms with van der Waals surface area (Å²) in [6, 6.07) is 17.6. The highest BCUT2D eigenvalue weighted by atomic mass is 35.5. The van der Waals surface area contributed by atoms with E-state index >= 15 is 0 Å². The molecule has 1 heterocycles. The van der Waals surface area contributed by atoms with E-state index < -0.39 is 28.4 Å². The van der Waals surface area contributed by atoms with Crippen molar-refractivity contribution in [3.05, 3.63) is 110 Å². The van der Waals surface area contributed by atoms with Gasteiger partial charge in [0.05, 0.1) is 16.1 Å². The van der Waals surface area contributed by atoms with Gasteiger partial charge in [0.25, 0.3) is 17.4 Å². The molecule has 1 N–H and O–H groups in total. The lowest BCUT2D eigenvalue weighted by Gasteiger charge is -2.25. The van der Waals surface area contributed by atoms with E-state index in [1.54, 1.807) is 30.3 Å². The second-order valence-corrected chi connectivity index (χ2v) is 7.76. The van der Waals surface area contributed by atoms with Crippen molar-refractivity contribution in [2.75, 3.05) is 4.90 Å². The van der Waals surface area contributed by atoms with Gasteiger partial charge in [-0.25, -0.2) is 0 Å². The van der Waals surface area contributed by atoms with E-state index in [0.717, 1.165) is 5.56 Å². The normalized spacial score (nSPS) is 17.6. The van der Waals surface area contributed by atoms with Crippen molar-refractivity contribution in [3.8, 4) is 0 Å². The third-order valence-electron chi connectivity index (χ3n) is 5.30. The number of aliphatic hydroxyl groups is 1. The molecule has 1 fully saturated rings. The van der Waals surface area contributed by atoms with Gasteiger partial charge in [-0.15, -0.1) is 0 Å². The van der Waals surface area contributed by atoms with E-state index in [9.17, 15) is 24.8 Å². The van der Waals surface area contributed by atoms with Crippen molar-refractivity contribution in [2.45, 2.75) is 13.0 Å². The van der Waals surface area contributed by atoms with Crippen molar-refractivity contribution >= 4 is 40.4 Å². The minimum atomic E-state index is -1.19. The first-order valence-corrected chi connectivity index (χ1v) is 10.0. The number of hydrogen-bond donors (Lipinski definition) is 1. The number of hydrogen-bond acceptors (Lipinski definition) is 5. The SMILES string of the molecule is Cc1ccc(N2C(=O)C(=O)/C(=C(/O)c3ccc(Cl)cc3)C2c2ccccc2[N+](=O)[O-])cc1. The average molecular weight is 449 g/mol. The van der Waals surface area contributed by atoms with Gasteiger partial charge in [-0.2, -0.15) is 0 Å². The fourth-order valence-electron chi connectivity index (χ4n) is 3.75. The third kappa shape index (κ3) is 3.63. The molecular weight excluding hydrogens is 432 g/mol. The highest BCUT2D eigenvalue weighted by Crippen LogP contribution is 2.44. The van der Waals surface area contributed by atoms with E-state index in [4.69, 9.17) is 11.6 Å². The zero-order valence-electron chi connectivity index (χ0n) is 16.9. The minimum Gasteiger partial charge on any atom is -0.507 e. The number of nitro groups is 1. The molecule has 0 aromatic heterocycles. The van der Waals surface area contributed by atoms with Crippen LogP contribution in [0.4, 0.5) is 11.4 Å². The predicted molar refractivity (Wildman–Crippen MR) is 121 cm³/mol. The summed E-state index contributed by atoms with van der Waals surface area (Å²) in [6.07, 6.45) is 0. The van der Waals surface area contributed by atoms with Gasteiger partial charge in [0.15, 0.2) is 0 Å². The number of nitrogens with zero attached hydrogens (tertiary/aromatic N) is 2. The van der Waals surface area contributed by atoms with Gasteiger partial charge in [-0.3, -0.25) is 24.6 Å². The van der Waals surface area contributed by atoms with Crippen LogP contribution in [0.3, 0.4) is 0 Å². The van der Waals surface area contributed by atoms with Gasteiger partial charge >= 0.3 is 0 Å². The highest BCUT2D eigenvalue weighted by Gasteiger charge is 2.48. The van der Waals surface area contributed by atoms with Crippen molar-refractivity contribution in [2.24, 2.45) is 0 Å². The van der Waals surface area contributed by atoms with Crippen LogP contribution in [0, 0.1) is 17.0 Å². The van der Waals surface area contributed by atoms with Gasteiger partial charge in [0.1, 0.15) is 11.8 Å². The summed E-state index contributed by atoms with van der Waals surface area (Å²) < 4.78 is 0. The second kappa shape index (κ2) is 8.28. The first-order valence-electron chi connectivity index (χ1n) is 9.66. The average Bonchev–Trinajstić information content (AvgIpc) is 3.05. The quantitative estimate of drug-likeness (QED) is 0.195. The molecular formula is C24H17ClN2O5. The maximum absolute atomic E-state index is 13.1. The van der Waals surface area contributed by atoms with Crippen LogP contribution in [0.5, 0.6) is 0 Å². The van der Waals surface area contributed by atoms with Gasteiger partial charge in [0, 0.05) is 22.3 Å². The number of halogens is 1. The van der Waals surface area contributed by atoms with Gasteiger partial charge in [0.2, 0.25) is 0 Å². The maximum Gasteiger partial charge on any atom is 0.300 e.